The van der Waals surface area contributed by atoms with Crippen LogP contribution in [0.1, 0.15) is 5.56 Å². The Labute approximate surface area is 321 Å². The Morgan fingerprint density at radius 3 is 1.07 bits per heavy atom. The van der Waals surface area contributed by atoms with Crippen molar-refractivity contribution in [3.8, 4) is 89.9 Å². The molecule has 0 aliphatic carbocycles. The summed E-state index contributed by atoms with van der Waals surface area (Å²) in [5, 5.41) is 0. The first-order valence-electron chi connectivity index (χ1n) is 18.5. The third-order valence-electron chi connectivity index (χ3n) is 9.89. The van der Waals surface area contributed by atoms with Crippen LogP contribution >= 0.6 is 0 Å². The largest absolute Gasteiger partial charge is 0.256 e. The molecule has 0 aliphatic heterocycles. The molecular weight excluding hydrogens is 669 g/mol. The van der Waals surface area contributed by atoms with Crippen LogP contribution in [0.2, 0.25) is 0 Å². The van der Waals surface area contributed by atoms with E-state index in [1.54, 1.807) is 0 Å². The van der Waals surface area contributed by atoms with Gasteiger partial charge in [-0.25, -0.2) is 15.0 Å². The fraction of sp³-hybridized carbons (Fsp3) is 0.0196. The van der Waals surface area contributed by atoms with Crippen LogP contribution in [-0.2, 0) is 0 Å². The molecule has 4 nitrogen and oxygen atoms in total. The van der Waals surface area contributed by atoms with Crippen molar-refractivity contribution in [3.63, 3.8) is 0 Å². The van der Waals surface area contributed by atoms with E-state index in [0.29, 0.717) is 17.5 Å². The van der Waals surface area contributed by atoms with Gasteiger partial charge in [-0.3, -0.25) is 4.98 Å². The summed E-state index contributed by atoms with van der Waals surface area (Å²) in [6, 6.07) is 67.6. The van der Waals surface area contributed by atoms with Crippen LogP contribution in [0.25, 0.3) is 89.9 Å². The number of aryl methyl sites for hydroxylation is 1. The van der Waals surface area contributed by atoms with E-state index in [0.717, 1.165) is 72.5 Å². The summed E-state index contributed by atoms with van der Waals surface area (Å²) in [5.74, 6) is 1.85. The third-order valence-corrected chi connectivity index (χ3v) is 9.89. The normalized spacial score (nSPS) is 11.0. The minimum atomic E-state index is 0.611. The fourth-order valence-corrected chi connectivity index (χ4v) is 6.85. The molecule has 0 aliphatic rings. The summed E-state index contributed by atoms with van der Waals surface area (Å²) >= 11 is 0. The van der Waals surface area contributed by atoms with Crippen LogP contribution in [0.15, 0.2) is 200 Å². The highest BCUT2D eigenvalue weighted by Crippen LogP contribution is 2.35. The van der Waals surface area contributed by atoms with Gasteiger partial charge in [-0.2, -0.15) is 0 Å². The molecule has 55 heavy (non-hydrogen) atoms. The summed E-state index contributed by atoms with van der Waals surface area (Å²) < 4.78 is 0. The fourth-order valence-electron chi connectivity index (χ4n) is 6.85. The van der Waals surface area contributed by atoms with E-state index < -0.39 is 0 Å². The van der Waals surface area contributed by atoms with E-state index in [4.69, 9.17) is 15.0 Å². The number of hydrogen-bond donors (Lipinski definition) is 0. The lowest BCUT2D eigenvalue weighted by molar-refractivity contribution is 1.07. The van der Waals surface area contributed by atoms with Crippen molar-refractivity contribution in [2.45, 2.75) is 6.92 Å². The van der Waals surface area contributed by atoms with E-state index in [2.05, 4.69) is 176 Å². The predicted octanol–water partition coefficient (Wildman–Crippen LogP) is 12.9. The Morgan fingerprint density at radius 2 is 0.618 bits per heavy atom. The molecule has 0 fully saturated rings. The van der Waals surface area contributed by atoms with Crippen molar-refractivity contribution in [1.82, 2.24) is 19.9 Å². The lowest BCUT2D eigenvalue weighted by Crippen LogP contribution is -2.00. The molecule has 0 atom stereocenters. The second-order valence-corrected chi connectivity index (χ2v) is 13.7. The zero-order chi connectivity index (χ0) is 37.0. The Morgan fingerprint density at radius 1 is 0.273 bits per heavy atom. The third kappa shape index (κ3) is 7.35. The van der Waals surface area contributed by atoms with Crippen LogP contribution in [0.3, 0.4) is 0 Å². The van der Waals surface area contributed by atoms with Gasteiger partial charge in [0.2, 0.25) is 0 Å². The second kappa shape index (κ2) is 15.0. The van der Waals surface area contributed by atoms with Crippen molar-refractivity contribution >= 4 is 0 Å². The molecule has 0 amide bonds. The first kappa shape index (κ1) is 33.5. The van der Waals surface area contributed by atoms with Crippen molar-refractivity contribution in [2.24, 2.45) is 0 Å². The predicted molar refractivity (Wildman–Crippen MR) is 226 cm³/mol. The highest BCUT2D eigenvalue weighted by Gasteiger charge is 2.16. The average Bonchev–Trinajstić information content (AvgIpc) is 3.27. The van der Waals surface area contributed by atoms with Gasteiger partial charge in [-0.1, -0.05) is 169 Å². The van der Waals surface area contributed by atoms with Gasteiger partial charge in [0, 0.05) is 28.5 Å². The van der Waals surface area contributed by atoms with Crippen LogP contribution in [-0.4, -0.2) is 19.9 Å². The summed E-state index contributed by atoms with van der Waals surface area (Å²) in [6.07, 6.45) is 1.83. The van der Waals surface area contributed by atoms with Gasteiger partial charge in [0.1, 0.15) is 0 Å². The van der Waals surface area contributed by atoms with Crippen molar-refractivity contribution in [2.75, 3.05) is 0 Å². The van der Waals surface area contributed by atoms with Crippen LogP contribution in [0.4, 0.5) is 0 Å². The molecule has 9 aromatic rings. The lowest BCUT2D eigenvalue weighted by atomic mass is 9.94. The first-order chi connectivity index (χ1) is 27.1. The number of benzene rings is 7. The molecule has 4 heteroatoms. The molecule has 0 bridgehead atoms. The van der Waals surface area contributed by atoms with Gasteiger partial charge in [-0.15, -0.1) is 0 Å². The monoisotopic (exact) mass is 704 g/mol. The van der Waals surface area contributed by atoms with E-state index in [9.17, 15) is 0 Å². The zero-order valence-corrected chi connectivity index (χ0v) is 30.3. The summed E-state index contributed by atoms with van der Waals surface area (Å²) in [6.45, 7) is 2.11. The number of hydrogen-bond acceptors (Lipinski definition) is 4. The molecule has 0 N–H and O–H groups in total. The average molecular weight is 705 g/mol. The first-order valence-corrected chi connectivity index (χ1v) is 18.5. The van der Waals surface area contributed by atoms with Gasteiger partial charge >= 0.3 is 0 Å². The van der Waals surface area contributed by atoms with E-state index >= 15 is 0 Å². The SMILES string of the molecule is Cc1ccc(-c2cc(-c3ccc(-c4ccccn4)cc3)cc(-c3nc(-c4ccc(-c5ccccc5)cc4)nc(-c4ccc(-c5ccccc5)cc4)n3)c2)cc1. The topological polar surface area (TPSA) is 51.6 Å². The maximum atomic E-state index is 5.17. The zero-order valence-electron chi connectivity index (χ0n) is 30.3. The van der Waals surface area contributed by atoms with Gasteiger partial charge in [0.15, 0.2) is 17.5 Å². The van der Waals surface area contributed by atoms with E-state index in [1.165, 1.54) is 5.56 Å². The summed E-state index contributed by atoms with van der Waals surface area (Å²) in [5.41, 5.74) is 15.0. The quantitative estimate of drug-likeness (QED) is 0.158. The Kier molecular flexibility index (Phi) is 9.13. The van der Waals surface area contributed by atoms with Gasteiger partial charge < -0.3 is 0 Å². The Balaban J connectivity index is 1.18. The molecule has 260 valence electrons. The number of rotatable bonds is 8. The van der Waals surface area contributed by atoms with E-state index in [1.807, 2.05) is 36.5 Å². The molecule has 7 aromatic carbocycles. The second-order valence-electron chi connectivity index (χ2n) is 13.7. The molecular formula is C51H36N4. The summed E-state index contributed by atoms with van der Waals surface area (Å²) in [4.78, 5) is 20.0. The Bertz CT molecular complexity index is 2590. The number of pyridine rings is 1. The summed E-state index contributed by atoms with van der Waals surface area (Å²) in [7, 11) is 0. The highest BCUT2D eigenvalue weighted by atomic mass is 15.0. The number of nitrogens with zero attached hydrogens (tertiary/aromatic N) is 4. The minimum Gasteiger partial charge on any atom is -0.256 e. The molecule has 2 aromatic heterocycles. The van der Waals surface area contributed by atoms with Crippen LogP contribution in [0.5, 0.6) is 0 Å². The molecule has 0 saturated heterocycles. The minimum absolute atomic E-state index is 0.611. The molecule has 0 spiro atoms. The smallest absolute Gasteiger partial charge is 0.164 e. The van der Waals surface area contributed by atoms with Gasteiger partial charge in [0.05, 0.1) is 5.69 Å². The highest BCUT2D eigenvalue weighted by molar-refractivity contribution is 5.81. The van der Waals surface area contributed by atoms with Crippen molar-refractivity contribution in [1.29, 1.82) is 0 Å². The van der Waals surface area contributed by atoms with Crippen molar-refractivity contribution < 1.29 is 0 Å². The van der Waals surface area contributed by atoms with E-state index in [-0.39, 0.29) is 0 Å². The molecule has 9 rings (SSSR count). The van der Waals surface area contributed by atoms with Gasteiger partial charge in [0.25, 0.3) is 0 Å². The van der Waals surface area contributed by atoms with Gasteiger partial charge in [-0.05, 0) is 81.8 Å². The maximum Gasteiger partial charge on any atom is 0.164 e. The molecule has 2 heterocycles. The van der Waals surface area contributed by atoms with Crippen molar-refractivity contribution in [3.05, 3.63) is 206 Å². The maximum absolute atomic E-state index is 5.17. The van der Waals surface area contributed by atoms with Crippen LogP contribution < -0.4 is 0 Å². The Hall–Kier alpha value is -7.30. The molecule has 0 saturated carbocycles. The molecule has 0 unspecified atom stereocenters. The number of aromatic nitrogens is 4. The molecule has 0 radical (unpaired) electrons. The lowest BCUT2D eigenvalue weighted by Gasteiger charge is -2.13. The van der Waals surface area contributed by atoms with Crippen LogP contribution in [0, 0.1) is 6.92 Å². The standard InChI is InChI=1S/C51H36N4/c1-35-15-17-40(18-16-35)45-32-46(41-19-25-42(26-20-41)48-14-8-9-31-52-48)34-47(33-45)51-54-49(43-27-21-38(22-28-43)36-10-4-2-5-11-36)53-50(55-51)44-29-23-39(24-30-44)37-12-6-3-7-13-37/h2-34H,1H3.